The first-order valence-electron chi connectivity index (χ1n) is 5.29. The molecule has 0 unspecified atom stereocenters. The number of esters is 1. The standard InChI is InChI=1S/C12H10ClFN2O2S/c1-6-10(11(17)18-2)16-12(19-6)15-9-5-7(14)3-4-8(9)13/h3-5H,1-2H3,(H,15,16). The van der Waals surface area contributed by atoms with Crippen LogP contribution in [0.4, 0.5) is 15.2 Å². The molecule has 100 valence electrons. The van der Waals surface area contributed by atoms with Crippen LogP contribution in [0.15, 0.2) is 18.2 Å². The van der Waals surface area contributed by atoms with E-state index in [1.54, 1.807) is 6.92 Å². The summed E-state index contributed by atoms with van der Waals surface area (Å²) in [6.07, 6.45) is 0. The van der Waals surface area contributed by atoms with Gasteiger partial charge in [-0.05, 0) is 25.1 Å². The molecule has 19 heavy (non-hydrogen) atoms. The summed E-state index contributed by atoms with van der Waals surface area (Å²) in [5, 5.41) is 3.70. The van der Waals surface area contributed by atoms with Crippen LogP contribution in [-0.2, 0) is 4.74 Å². The van der Waals surface area contributed by atoms with Gasteiger partial charge < -0.3 is 10.1 Å². The summed E-state index contributed by atoms with van der Waals surface area (Å²) >= 11 is 7.20. The van der Waals surface area contributed by atoms with Gasteiger partial charge >= 0.3 is 5.97 Å². The molecule has 0 radical (unpaired) electrons. The van der Waals surface area contributed by atoms with E-state index in [9.17, 15) is 9.18 Å². The summed E-state index contributed by atoms with van der Waals surface area (Å²) < 4.78 is 17.7. The molecule has 4 nitrogen and oxygen atoms in total. The molecule has 0 saturated carbocycles. The van der Waals surface area contributed by atoms with Gasteiger partial charge in [0.25, 0.3) is 0 Å². The predicted octanol–water partition coefficient (Wildman–Crippen LogP) is 3.77. The highest BCUT2D eigenvalue weighted by Gasteiger charge is 2.16. The van der Waals surface area contributed by atoms with Gasteiger partial charge in [0, 0.05) is 4.88 Å². The van der Waals surface area contributed by atoms with E-state index in [1.807, 2.05) is 0 Å². The molecule has 0 spiro atoms. The van der Waals surface area contributed by atoms with Crippen LogP contribution in [0.25, 0.3) is 0 Å². The zero-order valence-electron chi connectivity index (χ0n) is 10.2. The number of carbonyl (C=O) groups is 1. The Kier molecular flexibility index (Phi) is 4.01. The van der Waals surface area contributed by atoms with Gasteiger partial charge in [-0.25, -0.2) is 14.2 Å². The number of ether oxygens (including phenoxy) is 1. The summed E-state index contributed by atoms with van der Waals surface area (Å²) in [5.74, 6) is -0.916. The number of methoxy groups -OCH3 is 1. The first kappa shape index (κ1) is 13.8. The van der Waals surface area contributed by atoms with Crippen LogP contribution in [0.1, 0.15) is 15.4 Å². The zero-order valence-corrected chi connectivity index (χ0v) is 11.7. The van der Waals surface area contributed by atoms with Gasteiger partial charge in [-0.2, -0.15) is 0 Å². The van der Waals surface area contributed by atoms with Crippen molar-refractivity contribution in [2.45, 2.75) is 6.92 Å². The maximum atomic E-state index is 13.1. The third kappa shape index (κ3) is 3.02. The van der Waals surface area contributed by atoms with E-state index in [2.05, 4.69) is 15.0 Å². The zero-order chi connectivity index (χ0) is 14.0. The van der Waals surface area contributed by atoms with Crippen molar-refractivity contribution in [3.05, 3.63) is 39.6 Å². The highest BCUT2D eigenvalue weighted by Crippen LogP contribution is 2.30. The molecule has 0 bridgehead atoms. The second-order valence-electron chi connectivity index (χ2n) is 3.66. The summed E-state index contributed by atoms with van der Waals surface area (Å²) in [4.78, 5) is 16.2. The molecule has 1 N–H and O–H groups in total. The summed E-state index contributed by atoms with van der Waals surface area (Å²) in [6.45, 7) is 1.75. The Bertz CT molecular complexity index is 630. The second-order valence-corrected chi connectivity index (χ2v) is 5.27. The average Bonchev–Trinajstić information content (AvgIpc) is 2.74. The van der Waals surface area contributed by atoms with E-state index in [-0.39, 0.29) is 5.69 Å². The number of aryl methyl sites for hydroxylation is 1. The van der Waals surface area contributed by atoms with Crippen molar-refractivity contribution in [2.75, 3.05) is 12.4 Å². The highest BCUT2D eigenvalue weighted by molar-refractivity contribution is 7.15. The van der Waals surface area contributed by atoms with E-state index < -0.39 is 11.8 Å². The van der Waals surface area contributed by atoms with E-state index in [4.69, 9.17) is 11.6 Å². The van der Waals surface area contributed by atoms with Crippen molar-refractivity contribution in [2.24, 2.45) is 0 Å². The smallest absolute Gasteiger partial charge is 0.357 e. The number of rotatable bonds is 3. The Hall–Kier alpha value is -1.66. The van der Waals surface area contributed by atoms with Gasteiger partial charge in [-0.1, -0.05) is 11.6 Å². The molecule has 2 rings (SSSR count). The largest absolute Gasteiger partial charge is 0.464 e. The Morgan fingerprint density at radius 3 is 2.95 bits per heavy atom. The first-order valence-corrected chi connectivity index (χ1v) is 6.48. The van der Waals surface area contributed by atoms with Crippen LogP contribution >= 0.6 is 22.9 Å². The number of thiazole rings is 1. The Balaban J connectivity index is 2.29. The van der Waals surface area contributed by atoms with Crippen LogP contribution in [0.2, 0.25) is 5.02 Å². The first-order chi connectivity index (χ1) is 9.01. The maximum Gasteiger partial charge on any atom is 0.357 e. The fourth-order valence-corrected chi connectivity index (χ4v) is 2.42. The summed E-state index contributed by atoms with van der Waals surface area (Å²) in [5.41, 5.74) is 0.634. The normalized spacial score (nSPS) is 10.3. The Morgan fingerprint density at radius 2 is 2.26 bits per heavy atom. The van der Waals surface area contributed by atoms with Crippen LogP contribution in [0, 0.1) is 12.7 Å². The molecule has 1 aromatic carbocycles. The summed E-state index contributed by atoms with van der Waals surface area (Å²) in [7, 11) is 1.29. The lowest BCUT2D eigenvalue weighted by Gasteiger charge is -2.04. The van der Waals surface area contributed by atoms with Crippen LogP contribution in [0.5, 0.6) is 0 Å². The number of hydrogen-bond acceptors (Lipinski definition) is 5. The third-order valence-corrected chi connectivity index (χ3v) is 3.56. The Morgan fingerprint density at radius 1 is 1.53 bits per heavy atom. The number of nitrogens with one attached hydrogen (secondary N) is 1. The minimum absolute atomic E-state index is 0.238. The van der Waals surface area contributed by atoms with Crippen LogP contribution < -0.4 is 5.32 Å². The predicted molar refractivity (Wildman–Crippen MR) is 72.9 cm³/mol. The minimum Gasteiger partial charge on any atom is -0.464 e. The van der Waals surface area contributed by atoms with Crippen molar-refractivity contribution in [1.29, 1.82) is 0 Å². The monoisotopic (exact) mass is 300 g/mol. The molecule has 2 aromatic rings. The molecule has 0 saturated heterocycles. The van der Waals surface area contributed by atoms with Gasteiger partial charge in [0.15, 0.2) is 10.8 Å². The summed E-state index contributed by atoms with van der Waals surface area (Å²) in [6, 6.07) is 3.97. The lowest BCUT2D eigenvalue weighted by molar-refractivity contribution is 0.0594. The van der Waals surface area contributed by atoms with E-state index in [1.165, 1.54) is 36.6 Å². The van der Waals surface area contributed by atoms with Crippen molar-refractivity contribution in [3.8, 4) is 0 Å². The fraction of sp³-hybridized carbons (Fsp3) is 0.167. The number of hydrogen-bond donors (Lipinski definition) is 1. The molecule has 0 aliphatic heterocycles. The van der Waals surface area contributed by atoms with E-state index in [0.717, 1.165) is 0 Å². The molecule has 1 aromatic heterocycles. The molecule has 1 heterocycles. The lowest BCUT2D eigenvalue weighted by atomic mass is 10.3. The van der Waals surface area contributed by atoms with Gasteiger partial charge in [-0.3, -0.25) is 0 Å². The van der Waals surface area contributed by atoms with Crippen molar-refractivity contribution in [3.63, 3.8) is 0 Å². The molecule has 0 aliphatic rings. The van der Waals surface area contributed by atoms with E-state index in [0.29, 0.717) is 20.7 Å². The highest BCUT2D eigenvalue weighted by atomic mass is 35.5. The molecule has 0 atom stereocenters. The van der Waals surface area contributed by atoms with Crippen molar-refractivity contribution in [1.82, 2.24) is 4.98 Å². The SMILES string of the molecule is COC(=O)c1nc(Nc2cc(F)ccc2Cl)sc1C. The number of benzene rings is 1. The second kappa shape index (κ2) is 5.54. The van der Waals surface area contributed by atoms with Gasteiger partial charge in [0.1, 0.15) is 5.82 Å². The average molecular weight is 301 g/mol. The number of halogens is 2. The Labute approximate surface area is 118 Å². The molecule has 0 aliphatic carbocycles. The van der Waals surface area contributed by atoms with Crippen LogP contribution in [0.3, 0.4) is 0 Å². The van der Waals surface area contributed by atoms with Crippen molar-refractivity contribution < 1.29 is 13.9 Å². The molecular weight excluding hydrogens is 291 g/mol. The lowest BCUT2D eigenvalue weighted by Crippen LogP contribution is -2.03. The molecule has 7 heteroatoms. The number of nitrogens with zero attached hydrogens (tertiary/aromatic N) is 1. The number of anilines is 2. The third-order valence-electron chi connectivity index (χ3n) is 2.35. The van der Waals surface area contributed by atoms with E-state index >= 15 is 0 Å². The molecule has 0 fully saturated rings. The van der Waals surface area contributed by atoms with Gasteiger partial charge in [-0.15, -0.1) is 11.3 Å². The van der Waals surface area contributed by atoms with Crippen molar-refractivity contribution >= 4 is 39.7 Å². The minimum atomic E-state index is -0.507. The number of carbonyl (C=O) groups excluding carboxylic acids is 1. The van der Waals surface area contributed by atoms with Gasteiger partial charge in [0.05, 0.1) is 17.8 Å². The number of aromatic nitrogens is 1. The maximum absolute atomic E-state index is 13.1. The molecule has 0 amide bonds. The fourth-order valence-electron chi connectivity index (χ4n) is 1.44. The van der Waals surface area contributed by atoms with Crippen LogP contribution in [-0.4, -0.2) is 18.1 Å². The quantitative estimate of drug-likeness (QED) is 0.877. The topological polar surface area (TPSA) is 51.2 Å². The van der Waals surface area contributed by atoms with Gasteiger partial charge in [0.2, 0.25) is 0 Å². The molecular formula is C12H10ClFN2O2S.